The lowest BCUT2D eigenvalue weighted by Gasteiger charge is -2.40. The molecule has 1 saturated heterocycles. The predicted molar refractivity (Wildman–Crippen MR) is 129 cm³/mol. The van der Waals surface area contributed by atoms with E-state index in [1.807, 2.05) is 60.7 Å². The lowest BCUT2D eigenvalue weighted by Crippen LogP contribution is -2.57. The predicted octanol–water partition coefficient (Wildman–Crippen LogP) is 5.63. The Kier molecular flexibility index (Phi) is 6.45. The van der Waals surface area contributed by atoms with Gasteiger partial charge in [0.25, 0.3) is 0 Å². The van der Waals surface area contributed by atoms with Crippen LogP contribution in [0.15, 0.2) is 66.7 Å². The first-order chi connectivity index (χ1) is 16.1. The Bertz CT molecular complexity index is 1150. The van der Waals surface area contributed by atoms with Crippen LogP contribution in [0.2, 0.25) is 10.0 Å². The highest BCUT2D eigenvalue weighted by Gasteiger charge is 2.34. The number of amides is 2. The third-order valence-corrected chi connectivity index (χ3v) is 6.62. The van der Waals surface area contributed by atoms with Crippen molar-refractivity contribution in [3.05, 3.63) is 99.0 Å². The molecule has 2 heterocycles. The number of benzene rings is 3. The standard InChI is InChI=1S/C26H24Cl2N2O3/c27-20-8-6-18(7-9-20)25(22-3-1-2-4-23(22)28)33-21-15-30(16-21)26(31)29-14-17-5-10-24-19(13-17)11-12-32-24/h1-10,13,21,25H,11-12,14-16H2,(H,29,31). The van der Waals surface area contributed by atoms with Crippen LogP contribution < -0.4 is 10.1 Å². The maximum atomic E-state index is 12.6. The van der Waals surface area contributed by atoms with Gasteiger partial charge in [-0.2, -0.15) is 0 Å². The summed E-state index contributed by atoms with van der Waals surface area (Å²) in [5, 5.41) is 4.31. The van der Waals surface area contributed by atoms with Gasteiger partial charge in [0.2, 0.25) is 0 Å². The molecule has 3 aromatic rings. The fraction of sp³-hybridized carbons (Fsp3) is 0.269. The number of rotatable bonds is 6. The molecular formula is C26H24Cl2N2O3. The summed E-state index contributed by atoms with van der Waals surface area (Å²) in [5.41, 5.74) is 4.13. The summed E-state index contributed by atoms with van der Waals surface area (Å²) < 4.78 is 11.9. The number of hydrogen-bond acceptors (Lipinski definition) is 3. The average Bonchev–Trinajstić information content (AvgIpc) is 3.26. The number of carbonyl (C=O) groups excluding carboxylic acids is 1. The summed E-state index contributed by atoms with van der Waals surface area (Å²) in [6.45, 7) is 2.27. The molecule has 0 aromatic heterocycles. The second-order valence-corrected chi connectivity index (χ2v) is 9.16. The molecule has 1 fully saturated rings. The zero-order valence-corrected chi connectivity index (χ0v) is 19.5. The van der Waals surface area contributed by atoms with Gasteiger partial charge in [-0.3, -0.25) is 0 Å². The number of ether oxygens (including phenoxy) is 2. The number of nitrogens with one attached hydrogen (secondary N) is 1. The molecule has 170 valence electrons. The summed E-state index contributed by atoms with van der Waals surface area (Å²) in [6, 6.07) is 21.2. The molecule has 2 aliphatic heterocycles. The summed E-state index contributed by atoms with van der Waals surface area (Å²) in [7, 11) is 0. The number of halogens is 2. The number of nitrogens with zero attached hydrogens (tertiary/aromatic N) is 1. The molecule has 1 N–H and O–H groups in total. The van der Waals surface area contributed by atoms with E-state index in [0.29, 0.717) is 29.7 Å². The quantitative estimate of drug-likeness (QED) is 0.495. The first-order valence-electron chi connectivity index (χ1n) is 11.0. The van der Waals surface area contributed by atoms with Crippen LogP contribution in [0.1, 0.15) is 28.4 Å². The Hall–Kier alpha value is -2.73. The molecule has 7 heteroatoms. The Morgan fingerprint density at radius 1 is 1.09 bits per heavy atom. The number of carbonyl (C=O) groups is 1. The fourth-order valence-electron chi connectivity index (χ4n) is 4.18. The van der Waals surface area contributed by atoms with Crippen molar-refractivity contribution in [1.29, 1.82) is 0 Å². The third kappa shape index (κ3) is 4.96. The van der Waals surface area contributed by atoms with Gasteiger partial charge in [0.05, 0.1) is 25.8 Å². The van der Waals surface area contributed by atoms with Crippen LogP contribution in [-0.4, -0.2) is 36.7 Å². The first-order valence-corrected chi connectivity index (χ1v) is 11.7. The van der Waals surface area contributed by atoms with Gasteiger partial charge in [-0.25, -0.2) is 4.79 Å². The van der Waals surface area contributed by atoms with E-state index in [1.54, 1.807) is 4.90 Å². The molecule has 3 aromatic carbocycles. The second-order valence-electron chi connectivity index (χ2n) is 8.32. The molecule has 0 spiro atoms. The minimum absolute atomic E-state index is 0.0788. The van der Waals surface area contributed by atoms with E-state index in [4.69, 9.17) is 32.7 Å². The van der Waals surface area contributed by atoms with Gasteiger partial charge >= 0.3 is 6.03 Å². The van der Waals surface area contributed by atoms with Gasteiger partial charge in [-0.15, -0.1) is 0 Å². The van der Waals surface area contributed by atoms with Crippen molar-refractivity contribution < 1.29 is 14.3 Å². The van der Waals surface area contributed by atoms with Crippen molar-refractivity contribution in [1.82, 2.24) is 10.2 Å². The summed E-state index contributed by atoms with van der Waals surface area (Å²) >= 11 is 12.5. The number of fused-ring (bicyclic) bond motifs is 1. The van der Waals surface area contributed by atoms with Crippen molar-refractivity contribution in [2.45, 2.75) is 25.2 Å². The van der Waals surface area contributed by atoms with Crippen LogP contribution in [-0.2, 0) is 17.7 Å². The third-order valence-electron chi connectivity index (χ3n) is 6.02. The zero-order valence-electron chi connectivity index (χ0n) is 18.0. The highest BCUT2D eigenvalue weighted by atomic mass is 35.5. The van der Waals surface area contributed by atoms with Crippen molar-refractivity contribution in [3.63, 3.8) is 0 Å². The molecule has 33 heavy (non-hydrogen) atoms. The Morgan fingerprint density at radius 3 is 2.67 bits per heavy atom. The smallest absolute Gasteiger partial charge is 0.317 e. The van der Waals surface area contributed by atoms with Gasteiger partial charge in [0, 0.05) is 28.6 Å². The van der Waals surface area contributed by atoms with Crippen molar-refractivity contribution >= 4 is 29.2 Å². The molecule has 1 unspecified atom stereocenters. The fourth-order valence-corrected chi connectivity index (χ4v) is 4.54. The van der Waals surface area contributed by atoms with Gasteiger partial charge in [0.1, 0.15) is 11.9 Å². The van der Waals surface area contributed by atoms with Crippen LogP contribution >= 0.6 is 23.2 Å². The lowest BCUT2D eigenvalue weighted by atomic mass is 10.0. The molecule has 1 atom stereocenters. The van der Waals surface area contributed by atoms with E-state index in [0.717, 1.165) is 35.5 Å². The van der Waals surface area contributed by atoms with E-state index in [1.165, 1.54) is 5.56 Å². The number of urea groups is 1. The van der Waals surface area contributed by atoms with Gasteiger partial charge in [-0.05, 0) is 41.0 Å². The van der Waals surface area contributed by atoms with Gasteiger partial charge in [-0.1, -0.05) is 65.7 Å². The average molecular weight is 483 g/mol. The SMILES string of the molecule is O=C(NCc1ccc2c(c1)CCO2)N1CC(OC(c2ccc(Cl)cc2)c2ccccc2Cl)C1. The molecule has 5 rings (SSSR count). The summed E-state index contributed by atoms with van der Waals surface area (Å²) in [6.07, 6.45) is 0.507. The van der Waals surface area contributed by atoms with Crippen molar-refractivity contribution in [3.8, 4) is 5.75 Å². The molecule has 2 amide bonds. The second kappa shape index (κ2) is 9.64. The summed E-state index contributed by atoms with van der Waals surface area (Å²) in [5.74, 6) is 0.946. The van der Waals surface area contributed by atoms with Crippen molar-refractivity contribution in [2.24, 2.45) is 0 Å². The van der Waals surface area contributed by atoms with Crippen molar-refractivity contribution in [2.75, 3.05) is 19.7 Å². The normalized spacial score (nSPS) is 16.0. The number of hydrogen-bond donors (Lipinski definition) is 1. The minimum atomic E-state index is -0.334. The molecule has 0 bridgehead atoms. The largest absolute Gasteiger partial charge is 0.493 e. The minimum Gasteiger partial charge on any atom is -0.493 e. The molecular weight excluding hydrogens is 459 g/mol. The van der Waals surface area contributed by atoms with E-state index in [2.05, 4.69) is 11.4 Å². The van der Waals surface area contributed by atoms with Crippen LogP contribution in [0.3, 0.4) is 0 Å². The molecule has 5 nitrogen and oxygen atoms in total. The zero-order chi connectivity index (χ0) is 22.8. The Balaban J connectivity index is 1.19. The van der Waals surface area contributed by atoms with E-state index in [-0.39, 0.29) is 18.2 Å². The van der Waals surface area contributed by atoms with Crippen LogP contribution in [0.25, 0.3) is 0 Å². The lowest BCUT2D eigenvalue weighted by molar-refractivity contribution is -0.0645. The Morgan fingerprint density at radius 2 is 1.88 bits per heavy atom. The summed E-state index contributed by atoms with van der Waals surface area (Å²) in [4.78, 5) is 14.4. The highest BCUT2D eigenvalue weighted by Crippen LogP contribution is 2.34. The van der Waals surface area contributed by atoms with E-state index in [9.17, 15) is 4.79 Å². The van der Waals surface area contributed by atoms with Gasteiger partial charge in [0.15, 0.2) is 0 Å². The molecule has 0 radical (unpaired) electrons. The molecule has 2 aliphatic rings. The monoisotopic (exact) mass is 482 g/mol. The highest BCUT2D eigenvalue weighted by molar-refractivity contribution is 6.31. The maximum absolute atomic E-state index is 12.6. The molecule has 0 saturated carbocycles. The van der Waals surface area contributed by atoms with Crippen LogP contribution in [0, 0.1) is 0 Å². The Labute approximate surface area is 203 Å². The van der Waals surface area contributed by atoms with Crippen LogP contribution in [0.5, 0.6) is 5.75 Å². The number of likely N-dealkylation sites (tertiary alicyclic amines) is 1. The first kappa shape index (κ1) is 22.1. The molecule has 0 aliphatic carbocycles. The maximum Gasteiger partial charge on any atom is 0.317 e. The topological polar surface area (TPSA) is 50.8 Å². The van der Waals surface area contributed by atoms with Crippen LogP contribution in [0.4, 0.5) is 4.79 Å². The van der Waals surface area contributed by atoms with E-state index < -0.39 is 0 Å². The van der Waals surface area contributed by atoms with E-state index >= 15 is 0 Å². The van der Waals surface area contributed by atoms with Gasteiger partial charge < -0.3 is 19.7 Å².